The van der Waals surface area contributed by atoms with E-state index in [4.69, 9.17) is 49.4 Å². The van der Waals surface area contributed by atoms with Crippen molar-refractivity contribution < 1.29 is 32.5 Å². The molecule has 27 heavy (non-hydrogen) atoms. The molecule has 0 radical (unpaired) electrons. The fourth-order valence-electron chi connectivity index (χ4n) is 2.61. The summed E-state index contributed by atoms with van der Waals surface area (Å²) in [5, 5.41) is 9.41. The molecule has 11 heteroatoms. The van der Waals surface area contributed by atoms with Gasteiger partial charge in [-0.1, -0.05) is 34.8 Å². The number of halogens is 6. The Bertz CT molecular complexity index is 887. The SMILES string of the molecule is O=C(O)C1Cc2cc(Cl)c(Oc3cc(Cl)cc(Cl)n3)cc2OC1C(F)(F)F. The zero-order valence-corrected chi connectivity index (χ0v) is 15.3. The van der Waals surface area contributed by atoms with Crippen LogP contribution >= 0.6 is 34.8 Å². The first-order valence-corrected chi connectivity index (χ1v) is 8.47. The number of carbonyl (C=O) groups is 1. The van der Waals surface area contributed by atoms with Crippen LogP contribution in [0.1, 0.15) is 5.56 Å². The second-order valence-electron chi connectivity index (χ2n) is 5.67. The van der Waals surface area contributed by atoms with Gasteiger partial charge in [-0.25, -0.2) is 4.98 Å². The lowest BCUT2D eigenvalue weighted by molar-refractivity contribution is -0.217. The molecular formula is C16H9Cl3F3NO4. The topological polar surface area (TPSA) is 68.7 Å². The van der Waals surface area contributed by atoms with E-state index in [1.165, 1.54) is 18.2 Å². The molecule has 1 aromatic heterocycles. The second-order valence-corrected chi connectivity index (χ2v) is 6.90. The number of aromatic nitrogens is 1. The minimum absolute atomic E-state index is 0.0269. The van der Waals surface area contributed by atoms with Crippen LogP contribution in [0.25, 0.3) is 0 Å². The monoisotopic (exact) mass is 441 g/mol. The Balaban J connectivity index is 1.97. The molecule has 2 unspecified atom stereocenters. The molecule has 0 aliphatic carbocycles. The number of nitrogens with zero attached hydrogens (tertiary/aromatic N) is 1. The van der Waals surface area contributed by atoms with Crippen molar-refractivity contribution in [1.82, 2.24) is 4.98 Å². The van der Waals surface area contributed by atoms with Crippen LogP contribution in [0, 0.1) is 5.92 Å². The van der Waals surface area contributed by atoms with Crippen molar-refractivity contribution >= 4 is 40.8 Å². The molecule has 2 heterocycles. The summed E-state index contributed by atoms with van der Waals surface area (Å²) in [6.07, 6.45) is -7.74. The maximum absolute atomic E-state index is 13.2. The normalized spacial score (nSPS) is 19.2. The molecule has 5 nitrogen and oxygen atoms in total. The van der Waals surface area contributed by atoms with Gasteiger partial charge in [0.25, 0.3) is 0 Å². The number of alkyl halides is 3. The number of benzene rings is 1. The summed E-state index contributed by atoms with van der Waals surface area (Å²) < 4.78 is 49.9. The molecule has 1 aliphatic heterocycles. The van der Waals surface area contributed by atoms with Gasteiger partial charge in [-0.05, 0) is 24.1 Å². The Morgan fingerprint density at radius 3 is 2.52 bits per heavy atom. The molecular weight excluding hydrogens is 434 g/mol. The molecule has 0 spiro atoms. The predicted octanol–water partition coefficient (Wildman–Crippen LogP) is 5.40. The van der Waals surface area contributed by atoms with E-state index in [1.807, 2.05) is 0 Å². The third-order valence-corrected chi connectivity index (χ3v) is 4.47. The Labute approximate surface area is 165 Å². The van der Waals surface area contributed by atoms with E-state index in [-0.39, 0.29) is 38.1 Å². The van der Waals surface area contributed by atoms with Crippen LogP contribution in [0.15, 0.2) is 24.3 Å². The molecule has 0 bridgehead atoms. The maximum atomic E-state index is 13.2. The fourth-order valence-corrected chi connectivity index (χ4v) is 3.28. The first-order chi connectivity index (χ1) is 12.5. The Kier molecular flexibility index (Phi) is 5.33. The van der Waals surface area contributed by atoms with Crippen LogP contribution in [-0.2, 0) is 11.2 Å². The van der Waals surface area contributed by atoms with E-state index < -0.39 is 30.6 Å². The molecule has 1 N–H and O–H groups in total. The lowest BCUT2D eigenvalue weighted by Crippen LogP contribution is -2.47. The highest BCUT2D eigenvalue weighted by molar-refractivity contribution is 6.34. The summed E-state index contributed by atoms with van der Waals surface area (Å²) in [7, 11) is 0. The highest BCUT2D eigenvalue weighted by Crippen LogP contribution is 2.43. The van der Waals surface area contributed by atoms with Crippen molar-refractivity contribution in [2.45, 2.75) is 18.7 Å². The van der Waals surface area contributed by atoms with Crippen molar-refractivity contribution in [3.8, 4) is 17.4 Å². The highest BCUT2D eigenvalue weighted by Gasteiger charge is 2.52. The summed E-state index contributed by atoms with van der Waals surface area (Å²) in [6, 6.07) is 5.14. The number of hydrogen-bond acceptors (Lipinski definition) is 4. The van der Waals surface area contributed by atoms with Gasteiger partial charge in [-0.15, -0.1) is 0 Å². The molecule has 0 saturated heterocycles. The molecule has 1 aliphatic rings. The molecule has 2 atom stereocenters. The van der Waals surface area contributed by atoms with E-state index >= 15 is 0 Å². The lowest BCUT2D eigenvalue weighted by atomic mass is 9.90. The van der Waals surface area contributed by atoms with Gasteiger partial charge in [0.05, 0.1) is 5.02 Å². The number of carboxylic acid groups (broad SMARTS) is 1. The maximum Gasteiger partial charge on any atom is 0.426 e. The minimum Gasteiger partial charge on any atom is -0.481 e. The summed E-state index contributed by atoms with van der Waals surface area (Å²) in [5.74, 6) is -3.65. The van der Waals surface area contributed by atoms with Crippen molar-refractivity contribution in [2.75, 3.05) is 0 Å². The van der Waals surface area contributed by atoms with Gasteiger partial charge in [-0.3, -0.25) is 4.79 Å². The van der Waals surface area contributed by atoms with Crippen molar-refractivity contribution in [1.29, 1.82) is 0 Å². The Morgan fingerprint density at radius 1 is 1.22 bits per heavy atom. The molecule has 2 aromatic rings. The standard InChI is InChI=1S/C16H9Cl3F3NO4/c17-7-3-12(19)23-13(4-7)26-11-5-10-6(2-9(11)18)1-8(15(24)25)14(27-10)16(20,21)22/h2-5,8,14H,1H2,(H,24,25). The highest BCUT2D eigenvalue weighted by atomic mass is 35.5. The largest absolute Gasteiger partial charge is 0.481 e. The van der Waals surface area contributed by atoms with E-state index in [9.17, 15) is 18.0 Å². The first kappa shape index (κ1) is 19.9. The predicted molar refractivity (Wildman–Crippen MR) is 91.1 cm³/mol. The van der Waals surface area contributed by atoms with Gasteiger partial charge in [0.2, 0.25) is 12.0 Å². The van der Waals surface area contributed by atoms with E-state index in [0.717, 1.165) is 6.07 Å². The zero-order valence-electron chi connectivity index (χ0n) is 13.1. The molecule has 144 valence electrons. The van der Waals surface area contributed by atoms with Gasteiger partial charge < -0.3 is 14.6 Å². The number of rotatable bonds is 3. The van der Waals surface area contributed by atoms with Gasteiger partial charge in [0.1, 0.15) is 16.8 Å². The summed E-state index contributed by atoms with van der Waals surface area (Å²) in [5.41, 5.74) is 0.220. The summed E-state index contributed by atoms with van der Waals surface area (Å²) in [6.45, 7) is 0. The summed E-state index contributed by atoms with van der Waals surface area (Å²) >= 11 is 17.7. The lowest BCUT2D eigenvalue weighted by Gasteiger charge is -2.32. The van der Waals surface area contributed by atoms with Crippen molar-refractivity contribution in [2.24, 2.45) is 5.92 Å². The van der Waals surface area contributed by atoms with E-state index in [0.29, 0.717) is 0 Å². The van der Waals surface area contributed by atoms with E-state index in [2.05, 4.69) is 4.98 Å². The number of ether oxygens (including phenoxy) is 2. The van der Waals surface area contributed by atoms with Crippen LogP contribution in [0.3, 0.4) is 0 Å². The number of pyridine rings is 1. The van der Waals surface area contributed by atoms with Gasteiger partial charge in [-0.2, -0.15) is 13.2 Å². The third-order valence-electron chi connectivity index (χ3n) is 3.76. The smallest absolute Gasteiger partial charge is 0.426 e. The van der Waals surface area contributed by atoms with Gasteiger partial charge in [0.15, 0.2) is 5.75 Å². The van der Waals surface area contributed by atoms with Crippen LogP contribution in [0.4, 0.5) is 13.2 Å². The molecule has 3 rings (SSSR count). The van der Waals surface area contributed by atoms with Crippen LogP contribution in [0.5, 0.6) is 17.4 Å². The average molecular weight is 443 g/mol. The number of aliphatic carboxylic acids is 1. The first-order valence-electron chi connectivity index (χ1n) is 7.34. The number of carboxylic acids is 1. The fraction of sp³-hybridized carbons (Fsp3) is 0.250. The molecule has 0 fully saturated rings. The van der Waals surface area contributed by atoms with Crippen LogP contribution in [0.2, 0.25) is 15.2 Å². The Morgan fingerprint density at radius 2 is 1.93 bits per heavy atom. The quantitative estimate of drug-likeness (QED) is 0.645. The zero-order chi connectivity index (χ0) is 19.9. The third kappa shape index (κ3) is 4.34. The van der Waals surface area contributed by atoms with E-state index in [1.54, 1.807) is 0 Å². The summed E-state index contributed by atoms with van der Waals surface area (Å²) in [4.78, 5) is 15.1. The Hall–Kier alpha value is -1.90. The van der Waals surface area contributed by atoms with Gasteiger partial charge in [0, 0.05) is 17.2 Å². The van der Waals surface area contributed by atoms with Crippen LogP contribution in [-0.4, -0.2) is 28.3 Å². The average Bonchev–Trinajstić information content (AvgIpc) is 2.52. The number of hydrogen-bond donors (Lipinski definition) is 1. The molecule has 0 amide bonds. The van der Waals surface area contributed by atoms with Gasteiger partial charge >= 0.3 is 12.1 Å². The molecule has 0 saturated carbocycles. The van der Waals surface area contributed by atoms with Crippen molar-refractivity contribution in [3.63, 3.8) is 0 Å². The van der Waals surface area contributed by atoms with Crippen LogP contribution < -0.4 is 9.47 Å². The number of fused-ring (bicyclic) bond motifs is 1. The molecule has 1 aromatic carbocycles. The second kappa shape index (κ2) is 7.26. The van der Waals surface area contributed by atoms with Crippen molar-refractivity contribution in [3.05, 3.63) is 45.0 Å². The minimum atomic E-state index is -4.86.